The van der Waals surface area contributed by atoms with Crippen molar-refractivity contribution < 1.29 is 18.7 Å². The van der Waals surface area contributed by atoms with Gasteiger partial charge >= 0.3 is 0 Å². The maximum absolute atomic E-state index is 12.4. The molecule has 0 bridgehead atoms. The maximum atomic E-state index is 12.4. The third-order valence-electron chi connectivity index (χ3n) is 3.93. The molecular formula is C18H16N2O4. The smallest absolute Gasteiger partial charge is 0.291 e. The first-order valence-corrected chi connectivity index (χ1v) is 7.66. The molecule has 0 aliphatic heterocycles. The lowest BCUT2D eigenvalue weighted by atomic mass is 9.94. The van der Waals surface area contributed by atoms with Gasteiger partial charge in [-0.1, -0.05) is 0 Å². The number of aryl methyl sites for hydroxylation is 1. The number of hydrogen-bond acceptors (Lipinski definition) is 5. The van der Waals surface area contributed by atoms with Crippen molar-refractivity contribution in [2.45, 2.75) is 26.2 Å². The monoisotopic (exact) mass is 324 g/mol. The van der Waals surface area contributed by atoms with E-state index in [0.29, 0.717) is 41.2 Å². The quantitative estimate of drug-likeness (QED) is 0.932. The van der Waals surface area contributed by atoms with Crippen molar-refractivity contribution in [2.24, 2.45) is 0 Å². The first kappa shape index (κ1) is 15.8. The Morgan fingerprint density at radius 1 is 1.33 bits per heavy atom. The number of furan rings is 1. The molecule has 0 fully saturated rings. The number of carbonyl (C=O) groups excluding carboxylic acids is 2. The number of fused-ring (bicyclic) bond motifs is 1. The minimum absolute atomic E-state index is 0.0309. The van der Waals surface area contributed by atoms with Crippen LogP contribution >= 0.6 is 0 Å². The highest BCUT2D eigenvalue weighted by molar-refractivity contribution is 6.07. The van der Waals surface area contributed by atoms with Crippen LogP contribution in [0.25, 0.3) is 0 Å². The molecule has 1 N–H and O–H groups in total. The SMILES string of the molecule is Cc1c(C(=O)Nc2ccc(OCC#N)cc2)oc2c1C(=O)CCC2. The number of anilines is 1. The number of nitrogens with one attached hydrogen (secondary N) is 1. The Hall–Kier alpha value is -3.07. The van der Waals surface area contributed by atoms with E-state index in [-0.39, 0.29) is 24.1 Å². The molecule has 0 saturated carbocycles. The highest BCUT2D eigenvalue weighted by Gasteiger charge is 2.28. The number of rotatable bonds is 4. The number of ether oxygens (including phenoxy) is 1. The van der Waals surface area contributed by atoms with Gasteiger partial charge in [-0.25, -0.2) is 0 Å². The van der Waals surface area contributed by atoms with E-state index in [9.17, 15) is 9.59 Å². The number of hydrogen-bond donors (Lipinski definition) is 1. The van der Waals surface area contributed by atoms with Crippen LogP contribution in [0.15, 0.2) is 28.7 Å². The summed E-state index contributed by atoms with van der Waals surface area (Å²) < 4.78 is 10.8. The van der Waals surface area contributed by atoms with Gasteiger partial charge in [-0.05, 0) is 37.6 Å². The lowest BCUT2D eigenvalue weighted by molar-refractivity contribution is 0.0963. The average molecular weight is 324 g/mol. The van der Waals surface area contributed by atoms with Crippen molar-refractivity contribution in [2.75, 3.05) is 11.9 Å². The first-order chi connectivity index (χ1) is 11.6. The molecule has 6 heteroatoms. The molecule has 1 aliphatic rings. The van der Waals surface area contributed by atoms with Gasteiger partial charge in [-0.2, -0.15) is 5.26 Å². The Morgan fingerprint density at radius 3 is 2.75 bits per heavy atom. The van der Waals surface area contributed by atoms with Crippen LogP contribution in [0.5, 0.6) is 5.75 Å². The summed E-state index contributed by atoms with van der Waals surface area (Å²) in [4.78, 5) is 24.4. The summed E-state index contributed by atoms with van der Waals surface area (Å²) in [6.07, 6.45) is 1.93. The Bertz CT molecular complexity index is 828. The van der Waals surface area contributed by atoms with Crippen LogP contribution in [0.2, 0.25) is 0 Å². The van der Waals surface area contributed by atoms with Gasteiger partial charge in [0.2, 0.25) is 0 Å². The normalized spacial score (nSPS) is 13.1. The molecule has 0 atom stereocenters. The standard InChI is InChI=1S/C18H16N2O4/c1-11-16-14(21)3-2-4-15(16)24-17(11)18(22)20-12-5-7-13(8-6-12)23-10-9-19/h5-8H,2-4,10H2,1H3,(H,20,22). The zero-order valence-corrected chi connectivity index (χ0v) is 13.2. The highest BCUT2D eigenvalue weighted by Crippen LogP contribution is 2.29. The molecule has 122 valence electrons. The third kappa shape index (κ3) is 3.01. The zero-order chi connectivity index (χ0) is 17.1. The molecule has 0 saturated heterocycles. The third-order valence-corrected chi connectivity index (χ3v) is 3.93. The van der Waals surface area contributed by atoms with Gasteiger partial charge < -0.3 is 14.5 Å². The summed E-state index contributed by atoms with van der Waals surface area (Å²) in [5.74, 6) is 0.981. The van der Waals surface area contributed by atoms with Gasteiger partial charge in [0.05, 0.1) is 5.56 Å². The lowest BCUT2D eigenvalue weighted by Crippen LogP contribution is -2.13. The van der Waals surface area contributed by atoms with Gasteiger partial charge in [0, 0.05) is 24.1 Å². The predicted octanol–water partition coefficient (Wildman–Crippen LogP) is 3.26. The average Bonchev–Trinajstić information content (AvgIpc) is 2.92. The second-order valence-corrected chi connectivity index (χ2v) is 5.56. The van der Waals surface area contributed by atoms with Crippen LogP contribution in [0, 0.1) is 18.3 Å². The van der Waals surface area contributed by atoms with Crippen LogP contribution in [-0.2, 0) is 6.42 Å². The van der Waals surface area contributed by atoms with E-state index in [2.05, 4.69) is 5.32 Å². The molecule has 0 radical (unpaired) electrons. The van der Waals surface area contributed by atoms with E-state index in [1.165, 1.54) is 0 Å². The maximum Gasteiger partial charge on any atom is 0.291 e. The second-order valence-electron chi connectivity index (χ2n) is 5.56. The van der Waals surface area contributed by atoms with E-state index in [0.717, 1.165) is 6.42 Å². The van der Waals surface area contributed by atoms with E-state index < -0.39 is 0 Å². The van der Waals surface area contributed by atoms with Gasteiger partial charge in [0.1, 0.15) is 17.6 Å². The lowest BCUT2D eigenvalue weighted by Gasteiger charge is -2.07. The molecule has 3 rings (SSSR count). The summed E-state index contributed by atoms with van der Waals surface area (Å²) in [5, 5.41) is 11.2. The van der Waals surface area contributed by atoms with Crippen LogP contribution in [-0.4, -0.2) is 18.3 Å². The number of nitriles is 1. The molecule has 1 heterocycles. The molecule has 2 aromatic rings. The molecule has 6 nitrogen and oxygen atoms in total. The Morgan fingerprint density at radius 2 is 2.08 bits per heavy atom. The Labute approximate surface area is 139 Å². The molecule has 0 unspecified atom stereocenters. The fraction of sp³-hybridized carbons (Fsp3) is 0.278. The number of nitrogens with zero attached hydrogens (tertiary/aromatic N) is 1. The predicted molar refractivity (Wildman–Crippen MR) is 86.2 cm³/mol. The van der Waals surface area contributed by atoms with Crippen LogP contribution in [0.1, 0.15) is 45.1 Å². The van der Waals surface area contributed by atoms with E-state index >= 15 is 0 Å². The Kier molecular flexibility index (Phi) is 4.34. The molecule has 0 spiro atoms. The number of amides is 1. The van der Waals surface area contributed by atoms with Crippen molar-refractivity contribution in [1.82, 2.24) is 0 Å². The van der Waals surface area contributed by atoms with Crippen molar-refractivity contribution in [3.8, 4) is 11.8 Å². The number of Topliss-reactive ketones (excluding diaryl/α,β-unsaturated/α-hetero) is 1. The summed E-state index contributed by atoms with van der Waals surface area (Å²) in [6.45, 7) is 1.70. The molecule has 24 heavy (non-hydrogen) atoms. The van der Waals surface area contributed by atoms with E-state index in [1.807, 2.05) is 6.07 Å². The van der Waals surface area contributed by atoms with Gasteiger partial charge in [-0.15, -0.1) is 0 Å². The number of ketones is 1. The van der Waals surface area contributed by atoms with E-state index in [1.54, 1.807) is 31.2 Å². The van der Waals surface area contributed by atoms with Crippen molar-refractivity contribution >= 4 is 17.4 Å². The van der Waals surface area contributed by atoms with Crippen LogP contribution in [0.4, 0.5) is 5.69 Å². The minimum Gasteiger partial charge on any atom is -0.479 e. The van der Waals surface area contributed by atoms with Gasteiger partial charge in [0.15, 0.2) is 18.2 Å². The van der Waals surface area contributed by atoms with Crippen molar-refractivity contribution in [3.63, 3.8) is 0 Å². The molecular weight excluding hydrogens is 308 g/mol. The largest absolute Gasteiger partial charge is 0.479 e. The molecule has 1 aromatic carbocycles. The first-order valence-electron chi connectivity index (χ1n) is 7.66. The van der Waals surface area contributed by atoms with Crippen molar-refractivity contribution in [3.05, 3.63) is 46.9 Å². The summed E-state index contributed by atoms with van der Waals surface area (Å²) in [6, 6.07) is 8.56. The van der Waals surface area contributed by atoms with Gasteiger partial charge in [0.25, 0.3) is 5.91 Å². The topological polar surface area (TPSA) is 92.3 Å². The number of carbonyl (C=O) groups is 2. The van der Waals surface area contributed by atoms with Gasteiger partial charge in [-0.3, -0.25) is 9.59 Å². The van der Waals surface area contributed by atoms with E-state index in [4.69, 9.17) is 14.4 Å². The molecule has 1 aliphatic carbocycles. The van der Waals surface area contributed by atoms with Crippen LogP contribution in [0.3, 0.4) is 0 Å². The minimum atomic E-state index is -0.389. The molecule has 1 amide bonds. The fourth-order valence-electron chi connectivity index (χ4n) is 2.80. The second kappa shape index (κ2) is 6.59. The summed E-state index contributed by atoms with van der Waals surface area (Å²) in [5.41, 5.74) is 1.73. The summed E-state index contributed by atoms with van der Waals surface area (Å²) in [7, 11) is 0. The molecule has 1 aromatic heterocycles. The fourth-order valence-corrected chi connectivity index (χ4v) is 2.80. The van der Waals surface area contributed by atoms with Crippen molar-refractivity contribution in [1.29, 1.82) is 5.26 Å². The Balaban J connectivity index is 1.76. The highest BCUT2D eigenvalue weighted by atomic mass is 16.5. The number of benzene rings is 1. The summed E-state index contributed by atoms with van der Waals surface area (Å²) >= 11 is 0. The van der Waals surface area contributed by atoms with Crippen LogP contribution < -0.4 is 10.1 Å². The zero-order valence-electron chi connectivity index (χ0n) is 13.2.